The molecule has 3 rings (SSSR count). The quantitative estimate of drug-likeness (QED) is 0.719. The third kappa shape index (κ3) is 3.20. The second-order valence-electron chi connectivity index (χ2n) is 4.79. The van der Waals surface area contributed by atoms with E-state index in [2.05, 4.69) is 44.4 Å². The van der Waals surface area contributed by atoms with Crippen LogP contribution in [0.15, 0.2) is 54.7 Å². The number of rotatable bonds is 5. The molecule has 0 unspecified atom stereocenters. The number of aromatic nitrogens is 3. The number of pyridine rings is 1. The van der Waals surface area contributed by atoms with Crippen molar-refractivity contribution in [3.8, 4) is 21.7 Å². The molecule has 5 heteroatoms. The van der Waals surface area contributed by atoms with Crippen molar-refractivity contribution in [3.05, 3.63) is 60.5 Å². The highest BCUT2D eigenvalue weighted by molar-refractivity contribution is 7.13. The van der Waals surface area contributed by atoms with Gasteiger partial charge in [-0.15, -0.1) is 17.9 Å². The largest absolute Gasteiger partial charge is 0.366 e. The lowest BCUT2D eigenvalue weighted by molar-refractivity contribution is 1.05. The van der Waals surface area contributed by atoms with Gasteiger partial charge in [0.25, 0.3) is 0 Å². The fraction of sp³-hybridized carbons (Fsp3) is 0.118. The molecular formula is C17H16N4S. The molecule has 0 amide bonds. The summed E-state index contributed by atoms with van der Waals surface area (Å²) in [6.07, 6.45) is 5.51. The standard InChI is InChI=1S/C17H16N4S/c1-3-6-19-17-9-15(20-12(2)21-17)13-8-14(11-18-10-13)16-5-4-7-22-16/h3-5,7-11H,1,6H2,2H3,(H,19,20,21). The molecule has 3 heterocycles. The average Bonchev–Trinajstić information content (AvgIpc) is 3.07. The van der Waals surface area contributed by atoms with E-state index in [0.29, 0.717) is 6.54 Å². The van der Waals surface area contributed by atoms with E-state index in [0.717, 1.165) is 28.5 Å². The molecule has 0 saturated carbocycles. The third-order valence-electron chi connectivity index (χ3n) is 3.11. The number of thiophene rings is 1. The van der Waals surface area contributed by atoms with Crippen LogP contribution in [0.25, 0.3) is 21.7 Å². The molecule has 4 nitrogen and oxygen atoms in total. The Labute approximate surface area is 133 Å². The van der Waals surface area contributed by atoms with Crippen LogP contribution in [-0.4, -0.2) is 21.5 Å². The van der Waals surface area contributed by atoms with E-state index in [1.54, 1.807) is 17.4 Å². The zero-order chi connectivity index (χ0) is 15.4. The van der Waals surface area contributed by atoms with Crippen LogP contribution < -0.4 is 5.32 Å². The molecule has 110 valence electrons. The maximum atomic E-state index is 4.52. The van der Waals surface area contributed by atoms with Gasteiger partial charge in [-0.2, -0.15) is 0 Å². The predicted molar refractivity (Wildman–Crippen MR) is 92.0 cm³/mol. The summed E-state index contributed by atoms with van der Waals surface area (Å²) in [6, 6.07) is 8.18. The first-order valence-corrected chi connectivity index (χ1v) is 7.84. The summed E-state index contributed by atoms with van der Waals surface area (Å²) in [5, 5.41) is 5.26. The Morgan fingerprint density at radius 2 is 2.09 bits per heavy atom. The topological polar surface area (TPSA) is 50.7 Å². The van der Waals surface area contributed by atoms with Crippen LogP contribution in [0, 0.1) is 6.92 Å². The summed E-state index contributed by atoms with van der Waals surface area (Å²) >= 11 is 1.70. The highest BCUT2D eigenvalue weighted by Crippen LogP contribution is 2.28. The van der Waals surface area contributed by atoms with Gasteiger partial charge in [0, 0.05) is 41.0 Å². The Kier molecular flexibility index (Phi) is 4.25. The zero-order valence-electron chi connectivity index (χ0n) is 12.3. The van der Waals surface area contributed by atoms with Crippen LogP contribution >= 0.6 is 11.3 Å². The van der Waals surface area contributed by atoms with Gasteiger partial charge in [-0.05, 0) is 24.4 Å². The van der Waals surface area contributed by atoms with E-state index in [4.69, 9.17) is 0 Å². The van der Waals surface area contributed by atoms with Crippen LogP contribution in [0.2, 0.25) is 0 Å². The Morgan fingerprint density at radius 3 is 2.86 bits per heavy atom. The van der Waals surface area contributed by atoms with Gasteiger partial charge in [-0.3, -0.25) is 4.98 Å². The number of anilines is 1. The molecule has 3 aromatic heterocycles. The minimum Gasteiger partial charge on any atom is -0.366 e. The molecular weight excluding hydrogens is 292 g/mol. The summed E-state index contributed by atoms with van der Waals surface area (Å²) in [4.78, 5) is 14.4. The van der Waals surface area contributed by atoms with Gasteiger partial charge in [0.05, 0.1) is 5.69 Å². The summed E-state index contributed by atoms with van der Waals surface area (Å²) in [5.41, 5.74) is 2.95. The molecule has 22 heavy (non-hydrogen) atoms. The molecule has 3 aromatic rings. The van der Waals surface area contributed by atoms with Gasteiger partial charge < -0.3 is 5.32 Å². The molecule has 0 saturated heterocycles. The Bertz CT molecular complexity index is 781. The second kappa shape index (κ2) is 6.49. The van der Waals surface area contributed by atoms with Crippen molar-refractivity contribution in [2.24, 2.45) is 0 Å². The average molecular weight is 308 g/mol. The van der Waals surface area contributed by atoms with Crippen LogP contribution in [0.1, 0.15) is 5.82 Å². The van der Waals surface area contributed by atoms with E-state index in [-0.39, 0.29) is 0 Å². The van der Waals surface area contributed by atoms with Gasteiger partial charge in [0.1, 0.15) is 11.6 Å². The smallest absolute Gasteiger partial charge is 0.130 e. The molecule has 0 radical (unpaired) electrons. The van der Waals surface area contributed by atoms with E-state index in [1.165, 1.54) is 4.88 Å². The van der Waals surface area contributed by atoms with Crippen LogP contribution in [0.5, 0.6) is 0 Å². The first-order chi connectivity index (χ1) is 10.8. The number of nitrogens with one attached hydrogen (secondary N) is 1. The van der Waals surface area contributed by atoms with Gasteiger partial charge in [-0.25, -0.2) is 9.97 Å². The van der Waals surface area contributed by atoms with E-state index >= 15 is 0 Å². The maximum Gasteiger partial charge on any atom is 0.130 e. The monoisotopic (exact) mass is 308 g/mol. The minimum absolute atomic E-state index is 0.670. The number of hydrogen-bond donors (Lipinski definition) is 1. The van der Waals surface area contributed by atoms with Crippen molar-refractivity contribution in [2.75, 3.05) is 11.9 Å². The summed E-state index contributed by atoms with van der Waals surface area (Å²) in [7, 11) is 0. The van der Waals surface area contributed by atoms with Crippen LogP contribution in [0.4, 0.5) is 5.82 Å². The molecule has 0 aliphatic carbocycles. The maximum absolute atomic E-state index is 4.52. The molecule has 0 aliphatic rings. The molecule has 0 fully saturated rings. The second-order valence-corrected chi connectivity index (χ2v) is 5.74. The first kappa shape index (κ1) is 14.4. The summed E-state index contributed by atoms with van der Waals surface area (Å²) in [6.45, 7) is 6.26. The third-order valence-corrected chi connectivity index (χ3v) is 4.02. The minimum atomic E-state index is 0.670. The molecule has 1 N–H and O–H groups in total. The van der Waals surface area contributed by atoms with Crippen molar-refractivity contribution in [3.63, 3.8) is 0 Å². The molecule has 0 bridgehead atoms. The number of nitrogens with zero attached hydrogens (tertiary/aromatic N) is 3. The fourth-order valence-electron chi connectivity index (χ4n) is 2.14. The van der Waals surface area contributed by atoms with Crippen molar-refractivity contribution in [2.45, 2.75) is 6.92 Å². The Balaban J connectivity index is 1.98. The number of hydrogen-bond acceptors (Lipinski definition) is 5. The highest BCUT2D eigenvalue weighted by atomic mass is 32.1. The SMILES string of the molecule is C=CCNc1cc(-c2cncc(-c3cccs3)c2)nc(C)n1. The lowest BCUT2D eigenvalue weighted by Gasteiger charge is -2.08. The summed E-state index contributed by atoms with van der Waals surface area (Å²) < 4.78 is 0. The van der Waals surface area contributed by atoms with Gasteiger partial charge in [-0.1, -0.05) is 12.1 Å². The first-order valence-electron chi connectivity index (χ1n) is 6.96. The molecule has 0 aliphatic heterocycles. The van der Waals surface area contributed by atoms with E-state index < -0.39 is 0 Å². The van der Waals surface area contributed by atoms with E-state index in [1.807, 2.05) is 31.5 Å². The summed E-state index contributed by atoms with van der Waals surface area (Å²) in [5.74, 6) is 1.52. The fourth-order valence-corrected chi connectivity index (χ4v) is 2.85. The van der Waals surface area contributed by atoms with Crippen molar-refractivity contribution in [1.82, 2.24) is 15.0 Å². The van der Waals surface area contributed by atoms with E-state index in [9.17, 15) is 0 Å². The zero-order valence-corrected chi connectivity index (χ0v) is 13.1. The number of aryl methyl sites for hydroxylation is 1. The molecule has 0 spiro atoms. The lowest BCUT2D eigenvalue weighted by Crippen LogP contribution is -2.03. The van der Waals surface area contributed by atoms with Gasteiger partial charge >= 0.3 is 0 Å². The molecule has 0 atom stereocenters. The van der Waals surface area contributed by atoms with Crippen LogP contribution in [-0.2, 0) is 0 Å². The Morgan fingerprint density at radius 1 is 1.23 bits per heavy atom. The molecule has 0 aromatic carbocycles. The van der Waals surface area contributed by atoms with Crippen LogP contribution in [0.3, 0.4) is 0 Å². The van der Waals surface area contributed by atoms with Crippen molar-refractivity contribution in [1.29, 1.82) is 0 Å². The van der Waals surface area contributed by atoms with Gasteiger partial charge in [0.15, 0.2) is 0 Å². The van der Waals surface area contributed by atoms with Crippen molar-refractivity contribution >= 4 is 17.2 Å². The predicted octanol–water partition coefficient (Wildman–Crippen LogP) is 4.17. The highest BCUT2D eigenvalue weighted by Gasteiger charge is 2.07. The van der Waals surface area contributed by atoms with Crippen molar-refractivity contribution < 1.29 is 0 Å². The Hall–Kier alpha value is -2.53. The normalized spacial score (nSPS) is 10.4. The van der Waals surface area contributed by atoms with Gasteiger partial charge in [0.2, 0.25) is 0 Å². The lowest BCUT2D eigenvalue weighted by atomic mass is 10.1.